The summed E-state index contributed by atoms with van der Waals surface area (Å²) in [5.41, 5.74) is 4.59. The van der Waals surface area contributed by atoms with E-state index in [2.05, 4.69) is 16.4 Å². The average Bonchev–Trinajstić information content (AvgIpc) is 2.66. The van der Waals surface area contributed by atoms with E-state index in [1.165, 1.54) is 5.56 Å². The van der Waals surface area contributed by atoms with Crippen molar-refractivity contribution in [1.82, 2.24) is 10.3 Å². The Morgan fingerprint density at radius 2 is 1.78 bits per heavy atom. The first-order valence-electron chi connectivity index (χ1n) is 8.99. The van der Waals surface area contributed by atoms with Crippen molar-refractivity contribution < 1.29 is 9.53 Å². The Kier molecular flexibility index (Phi) is 5.60. The highest BCUT2D eigenvalue weighted by Crippen LogP contribution is 2.17. The quantitative estimate of drug-likeness (QED) is 0.704. The van der Waals surface area contributed by atoms with Crippen LogP contribution >= 0.6 is 0 Å². The van der Waals surface area contributed by atoms with Gasteiger partial charge >= 0.3 is 0 Å². The summed E-state index contributed by atoms with van der Waals surface area (Å²) in [7, 11) is 1.62. The lowest BCUT2D eigenvalue weighted by Crippen LogP contribution is -2.26. The smallest absolute Gasteiger partial charge is 0.253 e. The Hall–Kier alpha value is -3.08. The molecule has 1 heterocycles. The molecule has 5 nitrogen and oxygen atoms in total. The van der Waals surface area contributed by atoms with Crippen LogP contribution in [-0.2, 0) is 17.8 Å². The van der Waals surface area contributed by atoms with Gasteiger partial charge in [-0.05, 0) is 72.7 Å². The third kappa shape index (κ3) is 4.56. The van der Waals surface area contributed by atoms with Crippen LogP contribution in [0.15, 0.2) is 47.3 Å². The number of nitrogens with one attached hydrogen (secondary N) is 2. The van der Waals surface area contributed by atoms with E-state index in [1.54, 1.807) is 7.11 Å². The van der Waals surface area contributed by atoms with E-state index in [-0.39, 0.29) is 18.0 Å². The van der Waals surface area contributed by atoms with Crippen molar-refractivity contribution in [2.45, 2.75) is 33.2 Å². The molecule has 27 heavy (non-hydrogen) atoms. The molecule has 140 valence electrons. The summed E-state index contributed by atoms with van der Waals surface area (Å²) in [6.07, 6.45) is 1.01. The zero-order valence-electron chi connectivity index (χ0n) is 15.9. The number of ether oxygens (including phenoxy) is 1. The van der Waals surface area contributed by atoms with E-state index in [4.69, 9.17) is 4.74 Å². The summed E-state index contributed by atoms with van der Waals surface area (Å²) in [6.45, 7) is 4.28. The van der Waals surface area contributed by atoms with Gasteiger partial charge in [0.25, 0.3) is 5.56 Å². The zero-order chi connectivity index (χ0) is 19.4. The van der Waals surface area contributed by atoms with Gasteiger partial charge in [0.2, 0.25) is 5.91 Å². The number of hydrogen-bond acceptors (Lipinski definition) is 3. The monoisotopic (exact) mass is 364 g/mol. The van der Waals surface area contributed by atoms with Crippen LogP contribution in [0.3, 0.4) is 0 Å². The predicted molar refractivity (Wildman–Crippen MR) is 107 cm³/mol. The Labute approximate surface area is 158 Å². The van der Waals surface area contributed by atoms with Crippen molar-refractivity contribution in [2.75, 3.05) is 7.11 Å². The summed E-state index contributed by atoms with van der Waals surface area (Å²) >= 11 is 0. The van der Waals surface area contributed by atoms with Crippen LogP contribution in [0.5, 0.6) is 5.75 Å². The second-order valence-corrected chi connectivity index (χ2v) is 6.77. The molecule has 0 unspecified atom stereocenters. The van der Waals surface area contributed by atoms with Crippen molar-refractivity contribution >= 4 is 16.8 Å². The molecule has 2 aromatic carbocycles. The highest BCUT2D eigenvalue weighted by atomic mass is 16.5. The first-order chi connectivity index (χ1) is 13.0. The molecular weight excluding hydrogens is 340 g/mol. The number of methoxy groups -OCH3 is 1. The first-order valence-corrected chi connectivity index (χ1v) is 8.99. The topological polar surface area (TPSA) is 71.2 Å². The number of aryl methyl sites for hydroxylation is 3. The van der Waals surface area contributed by atoms with E-state index in [1.807, 2.05) is 50.2 Å². The van der Waals surface area contributed by atoms with Crippen molar-refractivity contribution in [3.63, 3.8) is 0 Å². The van der Waals surface area contributed by atoms with Crippen LogP contribution in [0.4, 0.5) is 0 Å². The van der Waals surface area contributed by atoms with Gasteiger partial charge in [-0.15, -0.1) is 0 Å². The van der Waals surface area contributed by atoms with Gasteiger partial charge in [-0.3, -0.25) is 9.59 Å². The number of carbonyl (C=O) groups is 1. The number of H-pyrrole nitrogens is 1. The molecule has 5 heteroatoms. The number of carbonyl (C=O) groups excluding carboxylic acids is 1. The van der Waals surface area contributed by atoms with Crippen LogP contribution in [0.2, 0.25) is 0 Å². The molecule has 0 fully saturated rings. The largest absolute Gasteiger partial charge is 0.497 e. The summed E-state index contributed by atoms with van der Waals surface area (Å²) < 4.78 is 5.13. The van der Waals surface area contributed by atoms with Crippen LogP contribution in [0.1, 0.15) is 28.7 Å². The van der Waals surface area contributed by atoms with Crippen molar-refractivity contribution in [3.8, 4) is 5.75 Å². The van der Waals surface area contributed by atoms with Gasteiger partial charge in [0.1, 0.15) is 5.75 Å². The molecule has 0 aliphatic rings. The molecule has 0 bridgehead atoms. The maximum absolute atomic E-state index is 12.3. The van der Waals surface area contributed by atoms with E-state index >= 15 is 0 Å². The highest BCUT2D eigenvalue weighted by molar-refractivity contribution is 5.81. The molecule has 3 rings (SSSR count). The summed E-state index contributed by atoms with van der Waals surface area (Å²) in [5.74, 6) is 0.717. The molecule has 0 radical (unpaired) electrons. The number of hydrogen-bond donors (Lipinski definition) is 2. The third-order valence-corrected chi connectivity index (χ3v) is 4.81. The number of rotatable bonds is 6. The van der Waals surface area contributed by atoms with Gasteiger partial charge in [-0.25, -0.2) is 0 Å². The van der Waals surface area contributed by atoms with Gasteiger partial charge in [0, 0.05) is 24.0 Å². The zero-order valence-corrected chi connectivity index (χ0v) is 15.9. The van der Waals surface area contributed by atoms with Crippen molar-refractivity contribution in [3.05, 3.63) is 75.1 Å². The molecule has 3 aromatic rings. The summed E-state index contributed by atoms with van der Waals surface area (Å²) in [5, 5.41) is 3.81. The number of fused-ring (bicyclic) bond motifs is 1. The fraction of sp³-hybridized carbons (Fsp3) is 0.273. The Morgan fingerprint density at radius 1 is 1.07 bits per heavy atom. The van der Waals surface area contributed by atoms with Crippen LogP contribution in [0, 0.1) is 13.8 Å². The number of benzene rings is 2. The van der Waals surface area contributed by atoms with Gasteiger partial charge in [-0.2, -0.15) is 0 Å². The molecular formula is C22H24N2O3. The average molecular weight is 364 g/mol. The number of aromatic amines is 1. The van der Waals surface area contributed by atoms with Gasteiger partial charge in [-0.1, -0.05) is 12.1 Å². The Balaban J connectivity index is 1.61. The number of pyridine rings is 1. The molecule has 0 saturated carbocycles. The minimum Gasteiger partial charge on any atom is -0.497 e. The fourth-order valence-electron chi connectivity index (χ4n) is 2.99. The number of amides is 1. The van der Waals surface area contributed by atoms with Gasteiger partial charge < -0.3 is 15.0 Å². The second-order valence-electron chi connectivity index (χ2n) is 6.77. The molecule has 0 aliphatic heterocycles. The molecule has 1 amide bonds. The summed E-state index contributed by atoms with van der Waals surface area (Å²) in [4.78, 5) is 27.3. The van der Waals surface area contributed by atoms with Crippen molar-refractivity contribution in [2.24, 2.45) is 0 Å². The molecule has 0 aliphatic carbocycles. The lowest BCUT2D eigenvalue weighted by molar-refractivity contribution is -0.121. The third-order valence-electron chi connectivity index (χ3n) is 4.81. The van der Waals surface area contributed by atoms with Crippen LogP contribution in [0.25, 0.3) is 10.9 Å². The fourth-order valence-corrected chi connectivity index (χ4v) is 2.99. The first kappa shape index (κ1) is 18.7. The molecule has 0 atom stereocenters. The van der Waals surface area contributed by atoms with Crippen LogP contribution in [-0.4, -0.2) is 18.0 Å². The highest BCUT2D eigenvalue weighted by Gasteiger charge is 2.07. The standard InChI is InChI=1S/C22H24N2O3/c1-14-10-17-12-18(22(26)24-20(17)11-15(14)2)13-23-21(25)9-6-16-4-7-19(27-3)8-5-16/h4-5,7-8,10-12H,6,9,13H2,1-3H3,(H,23,25)(H,24,26). The second kappa shape index (κ2) is 8.08. The lowest BCUT2D eigenvalue weighted by Gasteiger charge is -2.08. The normalized spacial score (nSPS) is 10.8. The predicted octanol–water partition coefficient (Wildman–Crippen LogP) is 3.40. The molecule has 2 N–H and O–H groups in total. The SMILES string of the molecule is COc1ccc(CCC(=O)NCc2cc3cc(C)c(C)cc3[nH]c2=O)cc1. The van der Waals surface area contributed by atoms with E-state index in [0.29, 0.717) is 18.4 Å². The maximum Gasteiger partial charge on any atom is 0.253 e. The summed E-state index contributed by atoms with van der Waals surface area (Å²) in [6, 6.07) is 13.5. The van der Waals surface area contributed by atoms with Gasteiger partial charge in [0.05, 0.1) is 7.11 Å². The molecule has 0 saturated heterocycles. The van der Waals surface area contributed by atoms with Crippen molar-refractivity contribution in [1.29, 1.82) is 0 Å². The molecule has 0 spiro atoms. The minimum absolute atomic E-state index is 0.0783. The van der Waals surface area contributed by atoms with E-state index in [0.717, 1.165) is 27.8 Å². The van der Waals surface area contributed by atoms with Gasteiger partial charge in [0.15, 0.2) is 0 Å². The van der Waals surface area contributed by atoms with E-state index < -0.39 is 0 Å². The Bertz CT molecular complexity index is 1020. The lowest BCUT2D eigenvalue weighted by atomic mass is 10.0. The van der Waals surface area contributed by atoms with Crippen LogP contribution < -0.4 is 15.6 Å². The van der Waals surface area contributed by atoms with E-state index in [9.17, 15) is 9.59 Å². The maximum atomic E-state index is 12.3. The minimum atomic E-state index is -0.166. The number of aromatic nitrogens is 1. The molecule has 1 aromatic heterocycles. The Morgan fingerprint density at radius 3 is 2.48 bits per heavy atom.